The zero-order valence-electron chi connectivity index (χ0n) is 15.9. The third kappa shape index (κ3) is 3.84. The van der Waals surface area contributed by atoms with Crippen molar-refractivity contribution in [3.63, 3.8) is 0 Å². The number of Topliss-reactive ketones (excluding diaryl/α,β-unsaturated/α-hetero) is 1. The molecule has 1 aliphatic rings. The molecule has 0 saturated carbocycles. The lowest BCUT2D eigenvalue weighted by Gasteiger charge is -2.26. The van der Waals surface area contributed by atoms with Crippen LogP contribution in [0.1, 0.15) is 20.8 Å². The van der Waals surface area contributed by atoms with E-state index in [4.69, 9.17) is 4.74 Å². The largest absolute Gasteiger partial charge is 0.379 e. The van der Waals surface area contributed by atoms with Gasteiger partial charge < -0.3 is 15.0 Å². The first-order valence-electron chi connectivity index (χ1n) is 9.37. The number of aromatic amines is 2. The maximum absolute atomic E-state index is 14.2. The zero-order valence-corrected chi connectivity index (χ0v) is 15.9. The maximum atomic E-state index is 14.2. The molecule has 3 aromatic heterocycles. The van der Waals surface area contributed by atoms with Crippen LogP contribution in [0.2, 0.25) is 0 Å². The molecule has 1 aliphatic heterocycles. The van der Waals surface area contributed by atoms with Crippen molar-refractivity contribution in [3.8, 4) is 11.4 Å². The number of rotatable bonds is 7. The number of carbonyl (C=O) groups excluding carboxylic acids is 3. The number of morpholine rings is 1. The molecule has 4 heterocycles. The lowest BCUT2D eigenvalue weighted by Crippen LogP contribution is -2.41. The van der Waals surface area contributed by atoms with Gasteiger partial charge in [-0.1, -0.05) is 0 Å². The van der Waals surface area contributed by atoms with Crippen molar-refractivity contribution in [2.75, 3.05) is 39.4 Å². The summed E-state index contributed by atoms with van der Waals surface area (Å²) in [6.45, 7) is 4.24. The minimum Gasteiger partial charge on any atom is -0.379 e. The van der Waals surface area contributed by atoms with Gasteiger partial charge in [0, 0.05) is 32.4 Å². The molecule has 0 spiro atoms. The first-order valence-corrected chi connectivity index (χ1v) is 9.37. The molecule has 11 heteroatoms. The third-order valence-corrected chi connectivity index (χ3v) is 4.92. The van der Waals surface area contributed by atoms with Crippen LogP contribution >= 0.6 is 0 Å². The van der Waals surface area contributed by atoms with E-state index in [-0.39, 0.29) is 40.0 Å². The van der Waals surface area contributed by atoms with Crippen LogP contribution in [0.25, 0.3) is 22.3 Å². The Balaban J connectivity index is 1.51. The second-order valence-electron chi connectivity index (χ2n) is 6.77. The molecular formula is C19H19FN6O4. The fourth-order valence-electron chi connectivity index (χ4n) is 3.37. The topological polar surface area (TPSA) is 133 Å². The van der Waals surface area contributed by atoms with E-state index < -0.39 is 11.6 Å². The van der Waals surface area contributed by atoms with Gasteiger partial charge in [0.25, 0.3) is 5.91 Å². The minimum atomic E-state index is -0.848. The molecule has 0 aromatic carbocycles. The highest BCUT2D eigenvalue weighted by atomic mass is 19.1. The van der Waals surface area contributed by atoms with E-state index in [0.717, 1.165) is 19.3 Å². The number of ether oxygens (including phenoxy) is 1. The van der Waals surface area contributed by atoms with Crippen molar-refractivity contribution in [2.45, 2.75) is 0 Å². The molecule has 0 radical (unpaired) electrons. The summed E-state index contributed by atoms with van der Waals surface area (Å²) >= 11 is 0. The highest BCUT2D eigenvalue weighted by Crippen LogP contribution is 2.29. The van der Waals surface area contributed by atoms with Crippen LogP contribution in [0.15, 0.2) is 18.5 Å². The molecule has 3 N–H and O–H groups in total. The predicted molar refractivity (Wildman–Crippen MR) is 104 cm³/mol. The molecule has 4 rings (SSSR count). The van der Waals surface area contributed by atoms with Gasteiger partial charge in [0.1, 0.15) is 17.1 Å². The number of hydrogen-bond donors (Lipinski definition) is 3. The summed E-state index contributed by atoms with van der Waals surface area (Å²) in [5.74, 6) is -1.92. The Morgan fingerprint density at radius 1 is 1.33 bits per heavy atom. The number of carbonyl (C=O) groups is 3. The average Bonchev–Trinajstić information content (AvgIpc) is 3.43. The van der Waals surface area contributed by atoms with E-state index in [9.17, 15) is 18.8 Å². The Bertz CT molecular complexity index is 1100. The Morgan fingerprint density at radius 2 is 2.13 bits per heavy atom. The number of H-pyrrole nitrogens is 2. The summed E-state index contributed by atoms with van der Waals surface area (Å²) < 4.78 is 19.5. The van der Waals surface area contributed by atoms with Crippen molar-refractivity contribution in [1.82, 2.24) is 30.4 Å². The van der Waals surface area contributed by atoms with Crippen LogP contribution in [-0.4, -0.2) is 82.4 Å². The summed E-state index contributed by atoms with van der Waals surface area (Å²) in [7, 11) is 0. The lowest BCUT2D eigenvalue weighted by molar-refractivity contribution is -0.104. The monoisotopic (exact) mass is 414 g/mol. The van der Waals surface area contributed by atoms with Crippen LogP contribution < -0.4 is 5.32 Å². The molecule has 1 amide bonds. The molecule has 156 valence electrons. The van der Waals surface area contributed by atoms with Gasteiger partial charge in [0.2, 0.25) is 5.78 Å². The van der Waals surface area contributed by atoms with E-state index >= 15 is 0 Å². The summed E-state index contributed by atoms with van der Waals surface area (Å²) in [4.78, 5) is 43.9. The Kier molecular flexibility index (Phi) is 5.63. The summed E-state index contributed by atoms with van der Waals surface area (Å²) in [6.07, 6.45) is 2.32. The highest BCUT2D eigenvalue weighted by molar-refractivity contribution is 6.36. The fraction of sp³-hybridized carbons (Fsp3) is 0.316. The quantitative estimate of drug-likeness (QED) is 0.292. The number of nitrogens with zero attached hydrogens (tertiary/aromatic N) is 3. The predicted octanol–water partition coefficient (Wildman–Crippen LogP) is 0.536. The number of halogens is 1. The van der Waals surface area contributed by atoms with Crippen molar-refractivity contribution >= 4 is 28.9 Å². The number of pyridine rings is 1. The molecule has 1 fully saturated rings. The maximum Gasteiger partial charge on any atom is 0.269 e. The van der Waals surface area contributed by atoms with E-state index in [0.29, 0.717) is 32.0 Å². The number of nitrogens with one attached hydrogen (secondary N) is 3. The van der Waals surface area contributed by atoms with Gasteiger partial charge in [-0.25, -0.2) is 9.37 Å². The van der Waals surface area contributed by atoms with E-state index in [2.05, 4.69) is 30.4 Å². The van der Waals surface area contributed by atoms with Crippen LogP contribution in [0.3, 0.4) is 0 Å². The van der Waals surface area contributed by atoms with Gasteiger partial charge in [-0.3, -0.25) is 24.4 Å². The normalized spacial score (nSPS) is 14.7. The van der Waals surface area contributed by atoms with Gasteiger partial charge in [-0.05, 0) is 6.07 Å². The SMILES string of the molecule is O=CC(=O)c1c[nH]c2c(-c3cc(C(=O)NCCN4CCOCC4)[nH]n3)ncc(F)c12. The number of ketones is 1. The number of fused-ring (bicyclic) bond motifs is 1. The number of amides is 1. The second kappa shape index (κ2) is 8.51. The molecule has 0 atom stereocenters. The van der Waals surface area contributed by atoms with Crippen molar-refractivity contribution in [1.29, 1.82) is 0 Å². The Labute approximate surface area is 169 Å². The van der Waals surface area contributed by atoms with Crippen LogP contribution in [0.4, 0.5) is 4.39 Å². The molecule has 10 nitrogen and oxygen atoms in total. The van der Waals surface area contributed by atoms with Gasteiger partial charge in [-0.15, -0.1) is 0 Å². The molecule has 3 aromatic rings. The first kappa shape index (κ1) is 19.9. The van der Waals surface area contributed by atoms with Gasteiger partial charge in [-0.2, -0.15) is 5.10 Å². The van der Waals surface area contributed by atoms with E-state index in [1.807, 2.05) is 0 Å². The van der Waals surface area contributed by atoms with Crippen molar-refractivity contribution < 1.29 is 23.5 Å². The van der Waals surface area contributed by atoms with Crippen LogP contribution in [0, 0.1) is 5.82 Å². The summed E-state index contributed by atoms with van der Waals surface area (Å²) in [6, 6.07) is 1.49. The van der Waals surface area contributed by atoms with Crippen LogP contribution in [-0.2, 0) is 9.53 Å². The van der Waals surface area contributed by atoms with Gasteiger partial charge >= 0.3 is 0 Å². The van der Waals surface area contributed by atoms with Crippen LogP contribution in [0.5, 0.6) is 0 Å². The van der Waals surface area contributed by atoms with E-state index in [1.165, 1.54) is 12.3 Å². The van der Waals surface area contributed by atoms with Crippen molar-refractivity contribution in [2.24, 2.45) is 0 Å². The lowest BCUT2D eigenvalue weighted by atomic mass is 10.1. The third-order valence-electron chi connectivity index (χ3n) is 4.92. The highest BCUT2D eigenvalue weighted by Gasteiger charge is 2.21. The summed E-state index contributed by atoms with van der Waals surface area (Å²) in [5.41, 5.74) is 0.899. The molecule has 0 unspecified atom stereocenters. The number of aromatic nitrogens is 4. The molecule has 0 aliphatic carbocycles. The Morgan fingerprint density at radius 3 is 2.90 bits per heavy atom. The smallest absolute Gasteiger partial charge is 0.269 e. The first-order chi connectivity index (χ1) is 14.6. The van der Waals surface area contributed by atoms with E-state index in [1.54, 1.807) is 0 Å². The number of aldehydes is 1. The molecule has 1 saturated heterocycles. The zero-order chi connectivity index (χ0) is 21.1. The average molecular weight is 414 g/mol. The van der Waals surface area contributed by atoms with Gasteiger partial charge in [0.05, 0.1) is 35.9 Å². The second-order valence-corrected chi connectivity index (χ2v) is 6.77. The molecular weight excluding hydrogens is 395 g/mol. The fourth-order valence-corrected chi connectivity index (χ4v) is 3.37. The minimum absolute atomic E-state index is 0.0448. The summed E-state index contributed by atoms with van der Waals surface area (Å²) in [5, 5.41) is 9.51. The number of hydrogen-bond acceptors (Lipinski definition) is 7. The molecule has 0 bridgehead atoms. The van der Waals surface area contributed by atoms with Gasteiger partial charge in [0.15, 0.2) is 12.1 Å². The molecule has 30 heavy (non-hydrogen) atoms. The van der Waals surface area contributed by atoms with Crippen molar-refractivity contribution in [3.05, 3.63) is 35.5 Å². The standard InChI is InChI=1S/C19H19FN6O4/c20-12-9-23-17(18-16(12)11(8-22-18)15(28)10-27)13-7-14(25-24-13)19(29)21-1-2-26-3-5-30-6-4-26/h7-10,22H,1-6H2,(H,21,29)(H,24,25). The Hall–Kier alpha value is -3.44.